The molecule has 2 atom stereocenters. The zero-order valence-corrected chi connectivity index (χ0v) is 9.50. The van der Waals surface area contributed by atoms with Crippen molar-refractivity contribution in [2.45, 2.75) is 38.8 Å². The first-order valence-electron chi connectivity index (χ1n) is 5.02. The molecule has 0 heterocycles. The van der Waals surface area contributed by atoms with Crippen LogP contribution in [0.3, 0.4) is 0 Å². The third-order valence-electron chi connectivity index (χ3n) is 2.22. The third-order valence-corrected chi connectivity index (χ3v) is 2.22. The van der Waals surface area contributed by atoms with E-state index in [4.69, 9.17) is 4.74 Å². The van der Waals surface area contributed by atoms with Gasteiger partial charge in [0.15, 0.2) is 0 Å². The van der Waals surface area contributed by atoms with Gasteiger partial charge in [0.1, 0.15) is 6.04 Å². The summed E-state index contributed by atoms with van der Waals surface area (Å²) >= 11 is 0. The molecule has 0 bridgehead atoms. The lowest BCUT2D eigenvalue weighted by Gasteiger charge is -2.15. The normalized spacial score (nSPS) is 14.9. The summed E-state index contributed by atoms with van der Waals surface area (Å²) in [4.78, 5) is 11.1. The van der Waals surface area contributed by atoms with E-state index in [1.165, 1.54) is 7.11 Å². The number of esters is 1. The van der Waals surface area contributed by atoms with Crippen molar-refractivity contribution in [2.75, 3.05) is 20.8 Å². The van der Waals surface area contributed by atoms with Crippen LogP contribution in [0.5, 0.6) is 0 Å². The Morgan fingerprint density at radius 1 is 1.50 bits per heavy atom. The summed E-state index contributed by atoms with van der Waals surface area (Å²) in [6, 6.07) is -0.260. The van der Waals surface area contributed by atoms with Crippen LogP contribution in [-0.2, 0) is 14.3 Å². The van der Waals surface area contributed by atoms with Crippen LogP contribution in [0.4, 0.5) is 0 Å². The summed E-state index contributed by atoms with van der Waals surface area (Å²) in [5.41, 5.74) is 0. The minimum absolute atomic E-state index is 0.236. The van der Waals surface area contributed by atoms with E-state index in [9.17, 15) is 4.79 Å². The lowest BCUT2D eigenvalue weighted by Crippen LogP contribution is -2.36. The van der Waals surface area contributed by atoms with Crippen LogP contribution in [0.1, 0.15) is 26.7 Å². The van der Waals surface area contributed by atoms with Gasteiger partial charge in [-0.25, -0.2) is 0 Å². The van der Waals surface area contributed by atoms with Crippen molar-refractivity contribution in [3.63, 3.8) is 0 Å². The number of nitrogens with one attached hydrogen (secondary N) is 1. The maximum absolute atomic E-state index is 11.1. The highest BCUT2D eigenvalue weighted by Gasteiger charge is 2.16. The molecule has 4 nitrogen and oxygen atoms in total. The highest BCUT2D eigenvalue weighted by Crippen LogP contribution is 2.00. The molecule has 0 aliphatic carbocycles. The number of likely N-dealkylation sites (N-methyl/N-ethyl adjacent to an activating group) is 1. The molecule has 84 valence electrons. The van der Waals surface area contributed by atoms with Crippen molar-refractivity contribution in [3.8, 4) is 0 Å². The van der Waals surface area contributed by atoms with Crippen LogP contribution < -0.4 is 5.32 Å². The molecule has 0 amide bonds. The molecule has 2 unspecified atom stereocenters. The van der Waals surface area contributed by atoms with Gasteiger partial charge in [-0.3, -0.25) is 4.79 Å². The number of rotatable bonds is 7. The highest BCUT2D eigenvalue weighted by molar-refractivity contribution is 5.75. The maximum Gasteiger partial charge on any atom is 0.322 e. The summed E-state index contributed by atoms with van der Waals surface area (Å²) in [6.45, 7) is 4.67. The van der Waals surface area contributed by atoms with Gasteiger partial charge in [0.05, 0.1) is 13.2 Å². The van der Waals surface area contributed by atoms with Gasteiger partial charge in [-0.15, -0.1) is 0 Å². The van der Waals surface area contributed by atoms with Gasteiger partial charge >= 0.3 is 5.97 Å². The van der Waals surface area contributed by atoms with Crippen molar-refractivity contribution in [1.82, 2.24) is 5.32 Å². The molecule has 0 fully saturated rings. The fraction of sp³-hybridized carbons (Fsp3) is 0.900. The van der Waals surface area contributed by atoms with E-state index >= 15 is 0 Å². The van der Waals surface area contributed by atoms with Crippen molar-refractivity contribution < 1.29 is 14.3 Å². The molecule has 0 aliphatic heterocycles. The van der Waals surface area contributed by atoms with Crippen LogP contribution >= 0.6 is 0 Å². The third kappa shape index (κ3) is 5.19. The largest absolute Gasteiger partial charge is 0.468 e. The van der Waals surface area contributed by atoms with Crippen molar-refractivity contribution in [1.29, 1.82) is 0 Å². The van der Waals surface area contributed by atoms with Gasteiger partial charge in [-0.05, 0) is 26.8 Å². The maximum atomic E-state index is 11.1. The summed E-state index contributed by atoms with van der Waals surface area (Å²) in [7, 11) is 3.13. The lowest BCUT2D eigenvalue weighted by atomic mass is 10.2. The predicted octanol–water partition coefficient (Wildman–Crippen LogP) is 0.953. The smallest absolute Gasteiger partial charge is 0.322 e. The van der Waals surface area contributed by atoms with E-state index in [1.54, 1.807) is 7.05 Å². The zero-order valence-electron chi connectivity index (χ0n) is 9.50. The number of ether oxygens (including phenoxy) is 2. The average Bonchev–Trinajstić information content (AvgIpc) is 2.22. The molecule has 0 rings (SSSR count). The molecule has 0 spiro atoms. The van der Waals surface area contributed by atoms with Gasteiger partial charge < -0.3 is 14.8 Å². The minimum atomic E-state index is -0.260. The molecule has 0 aromatic heterocycles. The SMILES string of the molecule is CCC(C)OCCC(NC)C(=O)OC. The molecule has 0 aromatic carbocycles. The summed E-state index contributed by atoms with van der Waals surface area (Å²) in [6.07, 6.45) is 1.89. The Kier molecular flexibility index (Phi) is 7.42. The molecular formula is C10H21NO3. The minimum Gasteiger partial charge on any atom is -0.468 e. The zero-order chi connectivity index (χ0) is 11.0. The summed E-state index contributed by atoms with van der Waals surface area (Å²) < 4.78 is 10.1. The van der Waals surface area contributed by atoms with E-state index in [0.717, 1.165) is 6.42 Å². The van der Waals surface area contributed by atoms with Crippen molar-refractivity contribution in [2.24, 2.45) is 0 Å². The lowest BCUT2D eigenvalue weighted by molar-refractivity contribution is -0.143. The second kappa shape index (κ2) is 7.76. The van der Waals surface area contributed by atoms with Crippen LogP contribution in [0.25, 0.3) is 0 Å². The van der Waals surface area contributed by atoms with Crippen LogP contribution in [0.2, 0.25) is 0 Å². The molecule has 0 saturated carbocycles. The van der Waals surface area contributed by atoms with Gasteiger partial charge in [0.2, 0.25) is 0 Å². The van der Waals surface area contributed by atoms with Crippen molar-refractivity contribution in [3.05, 3.63) is 0 Å². The second-order valence-corrected chi connectivity index (χ2v) is 3.24. The second-order valence-electron chi connectivity index (χ2n) is 3.24. The van der Waals surface area contributed by atoms with Crippen molar-refractivity contribution >= 4 is 5.97 Å². The van der Waals surface area contributed by atoms with E-state index in [1.807, 2.05) is 6.92 Å². The Hall–Kier alpha value is -0.610. The fourth-order valence-electron chi connectivity index (χ4n) is 1.03. The Labute approximate surface area is 86.0 Å². The number of hydrogen-bond donors (Lipinski definition) is 1. The van der Waals surface area contributed by atoms with Gasteiger partial charge in [-0.2, -0.15) is 0 Å². The van der Waals surface area contributed by atoms with Crippen LogP contribution in [0, 0.1) is 0 Å². The standard InChI is InChI=1S/C10H21NO3/c1-5-8(2)14-7-6-9(11-3)10(12)13-4/h8-9,11H,5-7H2,1-4H3. The Morgan fingerprint density at radius 3 is 2.57 bits per heavy atom. The molecule has 4 heteroatoms. The molecule has 14 heavy (non-hydrogen) atoms. The fourth-order valence-corrected chi connectivity index (χ4v) is 1.03. The van der Waals surface area contributed by atoms with Gasteiger partial charge in [0, 0.05) is 6.61 Å². The first-order chi connectivity index (χ1) is 6.65. The summed E-state index contributed by atoms with van der Waals surface area (Å²) in [5, 5.41) is 2.89. The van der Waals surface area contributed by atoms with E-state index in [-0.39, 0.29) is 18.1 Å². The Balaban J connectivity index is 3.68. The van der Waals surface area contributed by atoms with Gasteiger partial charge in [0.25, 0.3) is 0 Å². The van der Waals surface area contributed by atoms with E-state index in [2.05, 4.69) is 17.0 Å². The van der Waals surface area contributed by atoms with Gasteiger partial charge in [-0.1, -0.05) is 6.92 Å². The molecule has 0 aliphatic rings. The van der Waals surface area contributed by atoms with Crippen LogP contribution in [-0.4, -0.2) is 38.9 Å². The highest BCUT2D eigenvalue weighted by atomic mass is 16.5. The predicted molar refractivity (Wildman–Crippen MR) is 55.2 cm³/mol. The first-order valence-corrected chi connectivity index (χ1v) is 5.02. The molecule has 1 N–H and O–H groups in total. The number of carbonyl (C=O) groups excluding carboxylic acids is 1. The topological polar surface area (TPSA) is 47.6 Å². The van der Waals surface area contributed by atoms with E-state index < -0.39 is 0 Å². The molecule has 0 aromatic rings. The first kappa shape index (κ1) is 13.4. The molecular weight excluding hydrogens is 182 g/mol. The molecule has 0 saturated heterocycles. The average molecular weight is 203 g/mol. The molecule has 0 radical (unpaired) electrons. The number of carbonyl (C=O) groups is 1. The Bertz CT molecular complexity index is 161. The Morgan fingerprint density at radius 2 is 2.14 bits per heavy atom. The van der Waals surface area contributed by atoms with E-state index in [0.29, 0.717) is 13.0 Å². The number of methoxy groups -OCH3 is 1. The summed E-state index contributed by atoms with van der Waals surface area (Å²) in [5.74, 6) is -0.236. The monoisotopic (exact) mass is 203 g/mol. The van der Waals surface area contributed by atoms with Crippen LogP contribution in [0.15, 0.2) is 0 Å². The quantitative estimate of drug-likeness (QED) is 0.626. The number of hydrogen-bond acceptors (Lipinski definition) is 4.